The van der Waals surface area contributed by atoms with Crippen LogP contribution in [0.1, 0.15) is 56.6 Å². The van der Waals surface area contributed by atoms with Gasteiger partial charge < -0.3 is 14.8 Å². The quantitative estimate of drug-likeness (QED) is 0.378. The molecule has 0 aliphatic heterocycles. The van der Waals surface area contributed by atoms with Gasteiger partial charge in [0.15, 0.2) is 11.5 Å². The molecule has 4 aliphatic carbocycles. The topological polar surface area (TPSA) is 30.5 Å². The first-order chi connectivity index (χ1) is 15.9. The number of rotatable bonds is 8. The minimum absolute atomic E-state index is 0.0289. The highest BCUT2D eigenvalue weighted by atomic mass is 79.9. The van der Waals surface area contributed by atoms with Crippen molar-refractivity contribution in [1.82, 2.24) is 5.32 Å². The molecule has 6 heteroatoms. The molecule has 0 heterocycles. The fourth-order valence-corrected chi connectivity index (χ4v) is 7.85. The van der Waals surface area contributed by atoms with E-state index in [0.29, 0.717) is 33.5 Å². The van der Waals surface area contributed by atoms with Gasteiger partial charge in [0, 0.05) is 18.2 Å². The molecule has 6 rings (SSSR count). The van der Waals surface area contributed by atoms with Crippen molar-refractivity contribution in [2.45, 2.75) is 64.6 Å². The molecule has 178 valence electrons. The highest BCUT2D eigenvalue weighted by Crippen LogP contribution is 2.61. The van der Waals surface area contributed by atoms with E-state index in [2.05, 4.69) is 34.2 Å². The minimum Gasteiger partial charge on any atom is -0.493 e. The van der Waals surface area contributed by atoms with Crippen molar-refractivity contribution in [3.63, 3.8) is 0 Å². The predicted octanol–water partition coefficient (Wildman–Crippen LogP) is 7.52. The van der Waals surface area contributed by atoms with Crippen LogP contribution >= 0.6 is 27.5 Å². The Morgan fingerprint density at radius 1 is 1.15 bits per heavy atom. The Kier molecular flexibility index (Phi) is 6.67. The number of benzene rings is 2. The van der Waals surface area contributed by atoms with Crippen molar-refractivity contribution in [2.75, 3.05) is 7.11 Å². The van der Waals surface area contributed by atoms with Gasteiger partial charge in [-0.15, -0.1) is 0 Å². The van der Waals surface area contributed by atoms with Gasteiger partial charge in [-0.1, -0.05) is 17.7 Å². The molecular formula is C27H32BrClFNO2. The maximum Gasteiger partial charge on any atom is 0.175 e. The Bertz CT molecular complexity index is 974. The summed E-state index contributed by atoms with van der Waals surface area (Å²) in [5, 5.41) is 4.19. The van der Waals surface area contributed by atoms with Crippen LogP contribution in [0.5, 0.6) is 11.5 Å². The molecular weight excluding hydrogens is 505 g/mol. The summed E-state index contributed by atoms with van der Waals surface area (Å²) in [5.41, 5.74) is 1.94. The molecule has 0 radical (unpaired) electrons. The van der Waals surface area contributed by atoms with Crippen LogP contribution in [0, 0.1) is 29.0 Å². The van der Waals surface area contributed by atoms with E-state index in [0.717, 1.165) is 34.3 Å². The first-order valence-electron chi connectivity index (χ1n) is 12.0. The van der Waals surface area contributed by atoms with Gasteiger partial charge in [0.2, 0.25) is 0 Å². The van der Waals surface area contributed by atoms with Crippen LogP contribution in [0.3, 0.4) is 0 Å². The SMILES string of the molecule is COc1cc(CNC(C)C23CC4CC(CC(C4)C2)C3)cc(Br)c1OCc1c(F)cccc1Cl. The Morgan fingerprint density at radius 3 is 2.42 bits per heavy atom. The summed E-state index contributed by atoms with van der Waals surface area (Å²) in [7, 11) is 1.62. The van der Waals surface area contributed by atoms with Gasteiger partial charge in [-0.3, -0.25) is 0 Å². The van der Waals surface area contributed by atoms with E-state index in [4.69, 9.17) is 21.1 Å². The first kappa shape index (κ1) is 23.4. The molecule has 1 unspecified atom stereocenters. The lowest BCUT2D eigenvalue weighted by Crippen LogP contribution is -2.54. The number of methoxy groups -OCH3 is 1. The van der Waals surface area contributed by atoms with Crippen LogP contribution in [-0.4, -0.2) is 13.2 Å². The number of hydrogen-bond donors (Lipinski definition) is 1. The molecule has 4 fully saturated rings. The Morgan fingerprint density at radius 2 is 1.82 bits per heavy atom. The molecule has 4 aliphatic rings. The zero-order valence-electron chi connectivity index (χ0n) is 19.3. The summed E-state index contributed by atoms with van der Waals surface area (Å²) in [6.07, 6.45) is 8.59. The van der Waals surface area contributed by atoms with E-state index in [-0.39, 0.29) is 12.4 Å². The smallest absolute Gasteiger partial charge is 0.175 e. The molecule has 2 aromatic carbocycles. The highest BCUT2D eigenvalue weighted by Gasteiger charge is 2.52. The van der Waals surface area contributed by atoms with E-state index in [1.165, 1.54) is 44.6 Å². The third kappa shape index (κ3) is 4.66. The average Bonchev–Trinajstić information content (AvgIpc) is 2.77. The van der Waals surface area contributed by atoms with Crippen molar-refractivity contribution in [3.8, 4) is 11.5 Å². The van der Waals surface area contributed by atoms with E-state index in [1.54, 1.807) is 19.2 Å². The highest BCUT2D eigenvalue weighted by molar-refractivity contribution is 9.10. The molecule has 33 heavy (non-hydrogen) atoms. The first-order valence-corrected chi connectivity index (χ1v) is 13.2. The van der Waals surface area contributed by atoms with Crippen molar-refractivity contribution in [2.24, 2.45) is 23.2 Å². The maximum atomic E-state index is 14.1. The summed E-state index contributed by atoms with van der Waals surface area (Å²) in [6.45, 7) is 3.19. The number of nitrogens with one attached hydrogen (secondary N) is 1. The summed E-state index contributed by atoms with van der Waals surface area (Å²) >= 11 is 9.77. The zero-order valence-corrected chi connectivity index (χ0v) is 21.6. The van der Waals surface area contributed by atoms with Crippen LogP contribution in [0.15, 0.2) is 34.8 Å². The largest absolute Gasteiger partial charge is 0.493 e. The van der Waals surface area contributed by atoms with E-state index < -0.39 is 0 Å². The van der Waals surface area contributed by atoms with Gasteiger partial charge in [0.25, 0.3) is 0 Å². The molecule has 0 amide bonds. The van der Waals surface area contributed by atoms with Crippen LogP contribution in [0.25, 0.3) is 0 Å². The number of hydrogen-bond acceptors (Lipinski definition) is 3. The molecule has 0 spiro atoms. The van der Waals surface area contributed by atoms with Crippen LogP contribution in [0.2, 0.25) is 5.02 Å². The minimum atomic E-state index is -0.378. The average molecular weight is 537 g/mol. The van der Waals surface area contributed by atoms with Gasteiger partial charge in [-0.2, -0.15) is 0 Å². The second kappa shape index (κ2) is 9.39. The van der Waals surface area contributed by atoms with Crippen LogP contribution in [0.4, 0.5) is 4.39 Å². The zero-order chi connectivity index (χ0) is 23.2. The Labute approximate surface area is 209 Å². The van der Waals surface area contributed by atoms with Crippen molar-refractivity contribution < 1.29 is 13.9 Å². The standard InChI is InChI=1S/C27H32BrClFNO2/c1-16(27-11-17-6-18(12-27)8-19(7-17)13-27)31-14-20-9-22(28)26(25(10-20)32-2)33-15-21-23(29)4-3-5-24(21)30/h3-5,9-10,16-19,31H,6-8,11-15H2,1-2H3. The molecule has 3 nitrogen and oxygen atoms in total. The molecule has 1 N–H and O–H groups in total. The van der Waals surface area contributed by atoms with Gasteiger partial charge >= 0.3 is 0 Å². The van der Waals surface area contributed by atoms with Gasteiger partial charge in [-0.05, 0) is 114 Å². The van der Waals surface area contributed by atoms with Crippen molar-refractivity contribution >= 4 is 27.5 Å². The predicted molar refractivity (Wildman–Crippen MR) is 133 cm³/mol. The monoisotopic (exact) mass is 535 g/mol. The lowest BCUT2D eigenvalue weighted by Gasteiger charge is -2.59. The van der Waals surface area contributed by atoms with Crippen molar-refractivity contribution in [3.05, 3.63) is 56.8 Å². The van der Waals surface area contributed by atoms with E-state index in [1.807, 2.05) is 6.07 Å². The summed E-state index contributed by atoms with van der Waals surface area (Å²) in [5.74, 6) is 3.65. The van der Waals surface area contributed by atoms with Crippen molar-refractivity contribution in [1.29, 1.82) is 0 Å². The number of ether oxygens (including phenoxy) is 2. The molecule has 4 bridgehead atoms. The van der Waals surface area contributed by atoms with E-state index >= 15 is 0 Å². The lowest BCUT2D eigenvalue weighted by molar-refractivity contribution is -0.0706. The lowest BCUT2D eigenvalue weighted by atomic mass is 9.48. The fourth-order valence-electron chi connectivity index (χ4n) is 7.03. The van der Waals surface area contributed by atoms with Gasteiger partial charge in [0.05, 0.1) is 16.6 Å². The number of halogens is 3. The van der Waals surface area contributed by atoms with Crippen LogP contribution in [-0.2, 0) is 13.2 Å². The normalized spacial score (nSPS) is 28.7. The van der Waals surface area contributed by atoms with Gasteiger partial charge in [-0.25, -0.2) is 4.39 Å². The summed E-state index contributed by atoms with van der Waals surface area (Å²) in [4.78, 5) is 0. The molecule has 4 saturated carbocycles. The summed E-state index contributed by atoms with van der Waals surface area (Å²) < 4.78 is 26.5. The maximum absolute atomic E-state index is 14.1. The Balaban J connectivity index is 1.26. The molecule has 0 saturated heterocycles. The second-order valence-corrected chi connectivity index (χ2v) is 11.7. The molecule has 1 atom stereocenters. The third-order valence-electron chi connectivity index (χ3n) is 8.33. The molecule has 2 aromatic rings. The summed E-state index contributed by atoms with van der Waals surface area (Å²) in [6, 6.07) is 9.19. The van der Waals surface area contributed by atoms with Crippen LogP contribution < -0.4 is 14.8 Å². The second-order valence-electron chi connectivity index (χ2n) is 10.5. The third-order valence-corrected chi connectivity index (χ3v) is 9.27. The Hall–Kier alpha value is -1.30. The van der Waals surface area contributed by atoms with E-state index in [9.17, 15) is 4.39 Å². The van der Waals surface area contributed by atoms with Gasteiger partial charge in [0.1, 0.15) is 12.4 Å². The fraction of sp³-hybridized carbons (Fsp3) is 0.556. The molecule has 0 aromatic heterocycles.